The molecule has 0 aliphatic heterocycles. The fourth-order valence-corrected chi connectivity index (χ4v) is 2.64. The summed E-state index contributed by atoms with van der Waals surface area (Å²) in [7, 11) is 0. The number of rotatable bonds is 3. The van der Waals surface area contributed by atoms with Gasteiger partial charge in [0.2, 0.25) is 0 Å². The Bertz CT molecular complexity index is 1040. The van der Waals surface area contributed by atoms with Crippen molar-refractivity contribution >= 4 is 11.2 Å². The first-order chi connectivity index (χ1) is 12.5. The van der Waals surface area contributed by atoms with Crippen LogP contribution in [0.15, 0.2) is 66.9 Å². The highest BCUT2D eigenvalue weighted by Crippen LogP contribution is 2.27. The van der Waals surface area contributed by atoms with E-state index < -0.39 is 6.36 Å². The van der Waals surface area contributed by atoms with Crippen LogP contribution in [0.1, 0.15) is 0 Å². The van der Waals surface area contributed by atoms with Gasteiger partial charge in [-0.2, -0.15) is 0 Å². The first-order valence-corrected chi connectivity index (χ1v) is 7.75. The van der Waals surface area contributed by atoms with Gasteiger partial charge in [-0.15, -0.1) is 13.2 Å². The van der Waals surface area contributed by atoms with E-state index in [2.05, 4.69) is 19.7 Å². The molecule has 2 heterocycles. The van der Waals surface area contributed by atoms with Crippen molar-refractivity contribution < 1.29 is 17.9 Å². The van der Waals surface area contributed by atoms with Crippen LogP contribution in [0, 0.1) is 0 Å². The lowest BCUT2D eigenvalue weighted by Crippen LogP contribution is -2.16. The Morgan fingerprint density at radius 2 is 1.58 bits per heavy atom. The van der Waals surface area contributed by atoms with Gasteiger partial charge in [0.25, 0.3) is 0 Å². The largest absolute Gasteiger partial charge is 0.573 e. The van der Waals surface area contributed by atoms with E-state index in [9.17, 15) is 13.2 Å². The van der Waals surface area contributed by atoms with Crippen molar-refractivity contribution in [3.05, 3.63) is 66.9 Å². The monoisotopic (exact) mass is 355 g/mol. The number of H-pyrrole nitrogens is 1. The lowest BCUT2D eigenvalue weighted by atomic mass is 10.1. The number of aromatic amines is 1. The molecular weight excluding hydrogens is 343 g/mol. The molecule has 4 nitrogen and oxygen atoms in total. The number of fused-ring (bicyclic) bond motifs is 1. The number of ether oxygens (including phenoxy) is 1. The summed E-state index contributed by atoms with van der Waals surface area (Å²) >= 11 is 0. The number of benzene rings is 2. The summed E-state index contributed by atoms with van der Waals surface area (Å²) in [4.78, 5) is 11.9. The zero-order valence-corrected chi connectivity index (χ0v) is 13.3. The van der Waals surface area contributed by atoms with Gasteiger partial charge in [0, 0.05) is 17.3 Å². The zero-order valence-electron chi connectivity index (χ0n) is 13.3. The smallest absolute Gasteiger partial charge is 0.406 e. The molecule has 0 aliphatic carbocycles. The number of hydrogen-bond acceptors (Lipinski definition) is 3. The number of imidazole rings is 1. The number of halogens is 3. The van der Waals surface area contributed by atoms with Crippen LogP contribution in [0.5, 0.6) is 5.75 Å². The normalized spacial score (nSPS) is 11.7. The van der Waals surface area contributed by atoms with Gasteiger partial charge in [0.05, 0.1) is 5.52 Å². The molecule has 0 radical (unpaired) electrons. The van der Waals surface area contributed by atoms with Crippen molar-refractivity contribution in [1.82, 2.24) is 15.0 Å². The Labute approximate surface area is 146 Å². The van der Waals surface area contributed by atoms with E-state index in [-0.39, 0.29) is 5.75 Å². The molecule has 0 saturated carbocycles. The van der Waals surface area contributed by atoms with Crippen LogP contribution >= 0.6 is 0 Å². The van der Waals surface area contributed by atoms with Gasteiger partial charge in [-0.05, 0) is 35.9 Å². The molecule has 1 N–H and O–H groups in total. The predicted octanol–water partition coefficient (Wildman–Crippen LogP) is 5.19. The highest BCUT2D eigenvalue weighted by atomic mass is 19.4. The van der Waals surface area contributed by atoms with E-state index in [1.54, 1.807) is 6.20 Å². The second kappa shape index (κ2) is 6.18. The molecule has 130 valence electrons. The molecule has 0 bridgehead atoms. The van der Waals surface area contributed by atoms with Crippen LogP contribution < -0.4 is 4.74 Å². The summed E-state index contributed by atoms with van der Waals surface area (Å²) in [6.07, 6.45) is -2.97. The standard InChI is InChI=1S/C19H12F3N3O/c20-19(21,22)26-15-8-6-13(7-9-15)17-24-16-10-14(11-23-18(16)25-17)12-4-2-1-3-5-12/h1-11H,(H,23,24,25). The predicted molar refractivity (Wildman–Crippen MR) is 91.4 cm³/mol. The number of aromatic nitrogens is 3. The number of alkyl halides is 3. The number of pyridine rings is 1. The summed E-state index contributed by atoms with van der Waals surface area (Å²) in [6.45, 7) is 0. The third-order valence-electron chi connectivity index (χ3n) is 3.81. The zero-order chi connectivity index (χ0) is 18.1. The molecule has 2 aromatic carbocycles. The van der Waals surface area contributed by atoms with Crippen molar-refractivity contribution in [3.63, 3.8) is 0 Å². The third-order valence-corrected chi connectivity index (χ3v) is 3.81. The minimum Gasteiger partial charge on any atom is -0.406 e. The molecular formula is C19H12F3N3O. The van der Waals surface area contributed by atoms with E-state index in [1.807, 2.05) is 36.4 Å². The van der Waals surface area contributed by atoms with E-state index in [4.69, 9.17) is 0 Å². The Kier molecular flexibility index (Phi) is 3.84. The third kappa shape index (κ3) is 3.37. The topological polar surface area (TPSA) is 50.8 Å². The molecule has 0 spiro atoms. The van der Waals surface area contributed by atoms with Crippen LogP contribution in [-0.4, -0.2) is 21.3 Å². The number of nitrogens with zero attached hydrogens (tertiary/aromatic N) is 2. The van der Waals surface area contributed by atoms with Crippen molar-refractivity contribution in [2.24, 2.45) is 0 Å². The molecule has 0 fully saturated rings. The molecule has 4 aromatic rings. The van der Waals surface area contributed by atoms with Crippen LogP contribution in [0.2, 0.25) is 0 Å². The van der Waals surface area contributed by atoms with Gasteiger partial charge < -0.3 is 9.72 Å². The van der Waals surface area contributed by atoms with Crippen molar-refractivity contribution in [2.45, 2.75) is 6.36 Å². The van der Waals surface area contributed by atoms with Gasteiger partial charge in [0.15, 0.2) is 5.65 Å². The lowest BCUT2D eigenvalue weighted by Gasteiger charge is -2.08. The fraction of sp³-hybridized carbons (Fsp3) is 0.0526. The van der Waals surface area contributed by atoms with E-state index >= 15 is 0 Å². The first kappa shape index (κ1) is 16.1. The van der Waals surface area contributed by atoms with Gasteiger partial charge in [-0.25, -0.2) is 9.97 Å². The molecule has 26 heavy (non-hydrogen) atoms. The van der Waals surface area contributed by atoms with Gasteiger partial charge >= 0.3 is 6.36 Å². The average molecular weight is 355 g/mol. The maximum Gasteiger partial charge on any atom is 0.573 e. The number of hydrogen-bond donors (Lipinski definition) is 1. The minimum absolute atomic E-state index is 0.276. The van der Waals surface area contributed by atoms with Crippen LogP contribution in [0.3, 0.4) is 0 Å². The highest BCUT2D eigenvalue weighted by molar-refractivity contribution is 5.81. The summed E-state index contributed by atoms with van der Waals surface area (Å²) in [5.74, 6) is 0.248. The molecule has 7 heteroatoms. The first-order valence-electron chi connectivity index (χ1n) is 7.75. The quantitative estimate of drug-likeness (QED) is 0.550. The molecule has 0 saturated heterocycles. The highest BCUT2D eigenvalue weighted by Gasteiger charge is 2.31. The van der Waals surface area contributed by atoms with Crippen LogP contribution in [-0.2, 0) is 0 Å². The molecule has 0 amide bonds. The SMILES string of the molecule is FC(F)(F)Oc1ccc(-c2nc3ncc(-c4ccccc4)cc3[nH]2)cc1. The van der Waals surface area contributed by atoms with Gasteiger partial charge in [0.1, 0.15) is 11.6 Å². The molecule has 0 aliphatic rings. The molecule has 2 aromatic heterocycles. The summed E-state index contributed by atoms with van der Waals surface area (Å²) in [5.41, 5.74) is 3.90. The molecule has 4 rings (SSSR count). The molecule has 0 atom stereocenters. The van der Waals surface area contributed by atoms with E-state index in [1.165, 1.54) is 24.3 Å². The fourth-order valence-electron chi connectivity index (χ4n) is 2.64. The Balaban J connectivity index is 1.65. The van der Waals surface area contributed by atoms with Crippen molar-refractivity contribution in [3.8, 4) is 28.3 Å². The molecule has 0 unspecified atom stereocenters. The second-order valence-electron chi connectivity index (χ2n) is 5.62. The van der Waals surface area contributed by atoms with Gasteiger partial charge in [-0.1, -0.05) is 30.3 Å². The average Bonchev–Trinajstić information content (AvgIpc) is 3.05. The van der Waals surface area contributed by atoms with Crippen molar-refractivity contribution in [2.75, 3.05) is 0 Å². The Morgan fingerprint density at radius 3 is 2.27 bits per heavy atom. The van der Waals surface area contributed by atoms with Crippen LogP contribution in [0.25, 0.3) is 33.7 Å². The lowest BCUT2D eigenvalue weighted by molar-refractivity contribution is -0.274. The number of nitrogens with one attached hydrogen (secondary N) is 1. The summed E-state index contributed by atoms with van der Waals surface area (Å²) in [5, 5.41) is 0. The van der Waals surface area contributed by atoms with Crippen molar-refractivity contribution in [1.29, 1.82) is 0 Å². The summed E-state index contributed by atoms with van der Waals surface area (Å²) in [6, 6.07) is 17.3. The maximum absolute atomic E-state index is 12.2. The van der Waals surface area contributed by atoms with Gasteiger partial charge in [-0.3, -0.25) is 0 Å². The summed E-state index contributed by atoms with van der Waals surface area (Å²) < 4.78 is 40.6. The second-order valence-corrected chi connectivity index (χ2v) is 5.62. The van der Waals surface area contributed by atoms with E-state index in [0.29, 0.717) is 17.0 Å². The Hall–Kier alpha value is -3.35. The minimum atomic E-state index is -4.71. The van der Waals surface area contributed by atoms with E-state index in [0.717, 1.165) is 16.6 Å². The Morgan fingerprint density at radius 1 is 0.846 bits per heavy atom. The van der Waals surface area contributed by atoms with Crippen LogP contribution in [0.4, 0.5) is 13.2 Å². The maximum atomic E-state index is 12.2.